The van der Waals surface area contributed by atoms with E-state index in [1.807, 2.05) is 18.2 Å². The number of fused-ring (bicyclic) bond motifs is 1. The van der Waals surface area contributed by atoms with E-state index in [4.69, 9.17) is 20.4 Å². The number of morpholine rings is 1. The molecule has 3 aromatic heterocycles. The Morgan fingerprint density at radius 3 is 2.56 bits per heavy atom. The predicted octanol–water partition coefficient (Wildman–Crippen LogP) is 2.65. The second kappa shape index (κ2) is 8.84. The smallest absolute Gasteiger partial charge is 0.228 e. The van der Waals surface area contributed by atoms with E-state index in [9.17, 15) is 8.42 Å². The zero-order valence-corrected chi connectivity index (χ0v) is 19.3. The second-order valence-corrected chi connectivity index (χ2v) is 10.0. The number of hydrogen-bond donors (Lipinski definition) is 2. The molecule has 1 aliphatic rings. The van der Waals surface area contributed by atoms with Crippen molar-refractivity contribution in [3.8, 4) is 11.3 Å². The molecule has 1 fully saturated rings. The first-order valence-corrected chi connectivity index (χ1v) is 12.5. The molecule has 0 saturated carbocycles. The van der Waals surface area contributed by atoms with Gasteiger partial charge < -0.3 is 20.7 Å². The van der Waals surface area contributed by atoms with Gasteiger partial charge in [-0.25, -0.2) is 18.4 Å². The van der Waals surface area contributed by atoms with E-state index in [-0.39, 0.29) is 4.90 Å². The van der Waals surface area contributed by atoms with Gasteiger partial charge in [0.25, 0.3) is 0 Å². The summed E-state index contributed by atoms with van der Waals surface area (Å²) in [7, 11) is -3.30. The Morgan fingerprint density at radius 1 is 1.00 bits per heavy atom. The summed E-state index contributed by atoms with van der Waals surface area (Å²) in [4.78, 5) is 20.4. The van der Waals surface area contributed by atoms with E-state index in [0.29, 0.717) is 60.8 Å². The van der Waals surface area contributed by atoms with Crippen LogP contribution in [0.3, 0.4) is 0 Å². The van der Waals surface area contributed by atoms with Crippen molar-refractivity contribution >= 4 is 44.0 Å². The number of anilines is 4. The number of hydrogen-bond acceptors (Lipinski definition) is 10. The van der Waals surface area contributed by atoms with Crippen LogP contribution in [0, 0.1) is 0 Å². The van der Waals surface area contributed by atoms with Crippen LogP contribution in [-0.2, 0) is 14.6 Å². The summed E-state index contributed by atoms with van der Waals surface area (Å²) < 4.78 is 29.1. The Balaban J connectivity index is 1.51. The minimum atomic E-state index is -3.30. The van der Waals surface area contributed by atoms with Crippen molar-refractivity contribution in [3.05, 3.63) is 54.9 Å². The Hall–Kier alpha value is -3.83. The van der Waals surface area contributed by atoms with Crippen LogP contribution >= 0.6 is 0 Å². The van der Waals surface area contributed by atoms with E-state index in [0.717, 1.165) is 10.9 Å². The molecule has 1 aromatic carbocycles. The molecule has 0 amide bonds. The van der Waals surface area contributed by atoms with Crippen LogP contribution in [0.15, 0.2) is 59.8 Å². The monoisotopic (exact) mass is 477 g/mol. The third-order valence-electron chi connectivity index (χ3n) is 5.45. The van der Waals surface area contributed by atoms with Gasteiger partial charge in [-0.15, -0.1) is 0 Å². The highest BCUT2D eigenvalue weighted by atomic mass is 32.2. The molecule has 0 radical (unpaired) electrons. The highest BCUT2D eigenvalue weighted by Crippen LogP contribution is 2.27. The minimum absolute atomic E-state index is 0.237. The number of benzene rings is 1. The van der Waals surface area contributed by atoms with Crippen LogP contribution < -0.4 is 16.0 Å². The number of ether oxygens (including phenoxy) is 1. The summed E-state index contributed by atoms with van der Waals surface area (Å²) in [5.41, 5.74) is 8.58. The Labute approximate surface area is 196 Å². The molecule has 0 bridgehead atoms. The average Bonchev–Trinajstić information content (AvgIpc) is 2.84. The average molecular weight is 478 g/mol. The topological polar surface area (TPSA) is 136 Å². The molecule has 4 heterocycles. The molecule has 0 spiro atoms. The largest absolute Gasteiger partial charge is 0.384 e. The number of aromatic nitrogens is 4. The van der Waals surface area contributed by atoms with Gasteiger partial charge >= 0.3 is 0 Å². The quantitative estimate of drug-likeness (QED) is 0.441. The van der Waals surface area contributed by atoms with Crippen molar-refractivity contribution in [2.45, 2.75) is 4.90 Å². The molecule has 0 unspecified atom stereocenters. The fourth-order valence-electron chi connectivity index (χ4n) is 3.66. The molecular weight excluding hydrogens is 454 g/mol. The number of sulfone groups is 1. The standard InChI is InChI=1S/C23H23N7O3S/c1-34(31,32)18-4-2-15-10-17(14-25-19(15)11-18)27-22-12-20(16-3-5-21(24)26-13-16)28-23(29-22)30-6-8-33-9-7-30/h2-5,10-14H,6-9H2,1H3,(H2,24,26)(H,27,28,29). The molecule has 1 aliphatic heterocycles. The lowest BCUT2D eigenvalue weighted by atomic mass is 10.2. The summed E-state index contributed by atoms with van der Waals surface area (Å²) in [5.74, 6) is 1.62. The van der Waals surface area contributed by atoms with Crippen molar-refractivity contribution < 1.29 is 13.2 Å². The number of nitrogens with two attached hydrogens (primary N) is 1. The van der Waals surface area contributed by atoms with Crippen LogP contribution in [0.4, 0.5) is 23.3 Å². The molecule has 10 nitrogen and oxygen atoms in total. The van der Waals surface area contributed by atoms with Crippen molar-refractivity contribution in [1.29, 1.82) is 0 Å². The molecule has 11 heteroatoms. The van der Waals surface area contributed by atoms with Crippen LogP contribution in [0.5, 0.6) is 0 Å². The van der Waals surface area contributed by atoms with Gasteiger partial charge in [0.15, 0.2) is 9.84 Å². The van der Waals surface area contributed by atoms with Crippen LogP contribution in [0.1, 0.15) is 0 Å². The fraction of sp³-hybridized carbons (Fsp3) is 0.217. The SMILES string of the molecule is CS(=O)(=O)c1ccc2cc(Nc3cc(-c4ccc(N)nc4)nc(N4CCOCC4)n3)cnc2c1. The Morgan fingerprint density at radius 2 is 1.82 bits per heavy atom. The van der Waals surface area contributed by atoms with E-state index in [1.54, 1.807) is 36.7 Å². The van der Waals surface area contributed by atoms with Crippen molar-refractivity contribution in [3.63, 3.8) is 0 Å². The predicted molar refractivity (Wildman–Crippen MR) is 131 cm³/mol. The molecule has 0 atom stereocenters. The molecule has 1 saturated heterocycles. The zero-order valence-electron chi connectivity index (χ0n) is 18.5. The highest BCUT2D eigenvalue weighted by molar-refractivity contribution is 7.90. The van der Waals surface area contributed by atoms with Crippen molar-refractivity contribution in [1.82, 2.24) is 19.9 Å². The first kappa shape index (κ1) is 22.0. The van der Waals surface area contributed by atoms with Crippen LogP contribution in [0.2, 0.25) is 0 Å². The van der Waals surface area contributed by atoms with Gasteiger partial charge in [-0.1, -0.05) is 6.07 Å². The normalized spacial score (nSPS) is 14.3. The van der Waals surface area contributed by atoms with E-state index >= 15 is 0 Å². The van der Waals surface area contributed by atoms with Crippen molar-refractivity contribution in [2.24, 2.45) is 0 Å². The molecule has 34 heavy (non-hydrogen) atoms. The number of nitrogen functional groups attached to an aromatic ring is 1. The van der Waals surface area contributed by atoms with E-state index < -0.39 is 9.84 Å². The van der Waals surface area contributed by atoms with Crippen LogP contribution in [-0.4, -0.2) is 60.9 Å². The summed E-state index contributed by atoms with van der Waals surface area (Å²) in [5, 5.41) is 4.12. The molecule has 4 aromatic rings. The summed E-state index contributed by atoms with van der Waals surface area (Å²) >= 11 is 0. The molecule has 174 valence electrons. The van der Waals surface area contributed by atoms with Gasteiger partial charge in [0.1, 0.15) is 11.6 Å². The molecule has 0 aliphatic carbocycles. The summed E-state index contributed by atoms with van der Waals surface area (Å²) in [6.45, 7) is 2.62. The Kier molecular flexibility index (Phi) is 5.72. The summed E-state index contributed by atoms with van der Waals surface area (Å²) in [6, 6.07) is 12.2. The third-order valence-corrected chi connectivity index (χ3v) is 6.56. The number of nitrogens with zero attached hydrogens (tertiary/aromatic N) is 5. The first-order chi connectivity index (χ1) is 16.3. The number of nitrogens with one attached hydrogen (secondary N) is 1. The van der Waals surface area contributed by atoms with Gasteiger partial charge in [-0.2, -0.15) is 4.98 Å². The second-order valence-electron chi connectivity index (χ2n) is 7.99. The molecular formula is C23H23N7O3S. The van der Waals surface area contributed by atoms with E-state index in [2.05, 4.69) is 20.2 Å². The fourth-order valence-corrected chi connectivity index (χ4v) is 4.30. The number of pyridine rings is 2. The molecule has 5 rings (SSSR count). The van der Waals surface area contributed by atoms with Crippen molar-refractivity contribution in [2.75, 3.05) is 48.5 Å². The lowest BCUT2D eigenvalue weighted by Crippen LogP contribution is -2.37. The maximum atomic E-state index is 11.8. The minimum Gasteiger partial charge on any atom is -0.384 e. The van der Waals surface area contributed by atoms with Gasteiger partial charge in [-0.05, 0) is 30.3 Å². The van der Waals surface area contributed by atoms with Gasteiger partial charge in [0.05, 0.1) is 41.2 Å². The zero-order chi connectivity index (χ0) is 23.7. The number of rotatable bonds is 5. The summed E-state index contributed by atoms with van der Waals surface area (Å²) in [6.07, 6.45) is 4.51. The van der Waals surface area contributed by atoms with E-state index in [1.165, 1.54) is 6.26 Å². The Bertz CT molecular complexity index is 1450. The molecule has 3 N–H and O–H groups in total. The van der Waals surface area contributed by atoms with Gasteiger partial charge in [0.2, 0.25) is 5.95 Å². The highest BCUT2D eigenvalue weighted by Gasteiger charge is 2.17. The first-order valence-electron chi connectivity index (χ1n) is 10.7. The van der Waals surface area contributed by atoms with Crippen LogP contribution in [0.25, 0.3) is 22.2 Å². The lowest BCUT2D eigenvalue weighted by Gasteiger charge is -2.27. The maximum absolute atomic E-state index is 11.8. The van der Waals surface area contributed by atoms with Gasteiger partial charge in [-0.3, -0.25) is 4.98 Å². The van der Waals surface area contributed by atoms with Gasteiger partial charge in [0, 0.05) is 42.6 Å². The third kappa shape index (κ3) is 4.75. The lowest BCUT2D eigenvalue weighted by molar-refractivity contribution is 0.122. The maximum Gasteiger partial charge on any atom is 0.228 e.